The number of Topliss-reactive ketones (excluding diaryl/α,β-unsaturated/α-hetero) is 1. The van der Waals surface area contributed by atoms with Crippen molar-refractivity contribution in [3.05, 3.63) is 71.2 Å². The number of benzene rings is 1. The Balaban J connectivity index is 1.59. The van der Waals surface area contributed by atoms with Crippen LogP contribution in [-0.2, 0) is 11.2 Å². The van der Waals surface area contributed by atoms with Gasteiger partial charge in [0.15, 0.2) is 5.76 Å². The van der Waals surface area contributed by atoms with E-state index < -0.39 is 0 Å². The van der Waals surface area contributed by atoms with Crippen molar-refractivity contribution in [2.75, 3.05) is 6.54 Å². The van der Waals surface area contributed by atoms with E-state index >= 15 is 0 Å². The molecule has 1 aliphatic heterocycles. The molecular weight excluding hydrogens is 298 g/mol. The zero-order valence-electron chi connectivity index (χ0n) is 14.2. The van der Waals surface area contributed by atoms with E-state index in [-0.39, 0.29) is 17.5 Å². The lowest BCUT2D eigenvalue weighted by Gasteiger charge is -2.14. The molecule has 0 radical (unpaired) electrons. The van der Waals surface area contributed by atoms with Crippen molar-refractivity contribution in [2.45, 2.75) is 32.6 Å². The van der Waals surface area contributed by atoms with Gasteiger partial charge in [0.1, 0.15) is 0 Å². The average molecular weight is 323 g/mol. The van der Waals surface area contributed by atoms with Gasteiger partial charge in [-0.25, -0.2) is 0 Å². The Labute approximate surface area is 143 Å². The zero-order valence-corrected chi connectivity index (χ0v) is 14.2. The summed E-state index contributed by atoms with van der Waals surface area (Å²) in [4.78, 5) is 12.2. The van der Waals surface area contributed by atoms with Crippen molar-refractivity contribution in [1.29, 1.82) is 0 Å². The second-order valence-electron chi connectivity index (χ2n) is 6.65. The number of dihydropyridines is 1. The highest BCUT2D eigenvalue weighted by Gasteiger charge is 2.42. The molecule has 3 heteroatoms. The summed E-state index contributed by atoms with van der Waals surface area (Å²) < 4.78 is 0. The van der Waals surface area contributed by atoms with Crippen molar-refractivity contribution in [1.82, 2.24) is 5.32 Å². The first-order valence-corrected chi connectivity index (χ1v) is 8.80. The lowest BCUT2D eigenvalue weighted by molar-refractivity contribution is -0.119. The maximum atomic E-state index is 12.2. The quantitative estimate of drug-likeness (QED) is 0.587. The number of nitrogens with one attached hydrogen (secondary N) is 1. The van der Waals surface area contributed by atoms with Gasteiger partial charge in [0.05, 0.1) is 0 Å². The first-order chi connectivity index (χ1) is 11.7. The van der Waals surface area contributed by atoms with Crippen molar-refractivity contribution in [3.8, 4) is 0 Å². The molecule has 2 unspecified atom stereocenters. The molecule has 1 saturated carbocycles. The molecule has 1 aromatic rings. The summed E-state index contributed by atoms with van der Waals surface area (Å²) >= 11 is 0. The highest BCUT2D eigenvalue weighted by molar-refractivity contribution is 5.97. The van der Waals surface area contributed by atoms with Crippen LogP contribution < -0.4 is 5.32 Å². The Morgan fingerprint density at radius 3 is 2.79 bits per heavy atom. The predicted molar refractivity (Wildman–Crippen MR) is 96.5 cm³/mol. The number of ketones is 1. The van der Waals surface area contributed by atoms with Crippen LogP contribution in [0.2, 0.25) is 0 Å². The highest BCUT2D eigenvalue weighted by atomic mass is 16.3. The summed E-state index contributed by atoms with van der Waals surface area (Å²) in [7, 11) is 0. The maximum Gasteiger partial charge on any atom is 0.200 e. The minimum Gasteiger partial charge on any atom is -0.504 e. The van der Waals surface area contributed by atoms with E-state index in [1.54, 1.807) is 6.08 Å². The second-order valence-corrected chi connectivity index (χ2v) is 6.65. The molecule has 0 spiro atoms. The van der Waals surface area contributed by atoms with Crippen molar-refractivity contribution >= 4 is 5.78 Å². The largest absolute Gasteiger partial charge is 0.504 e. The van der Waals surface area contributed by atoms with Gasteiger partial charge in [-0.05, 0) is 42.4 Å². The first-order valence-electron chi connectivity index (χ1n) is 8.80. The smallest absolute Gasteiger partial charge is 0.200 e. The molecule has 2 aliphatic rings. The van der Waals surface area contributed by atoms with Gasteiger partial charge in [-0.1, -0.05) is 49.8 Å². The highest BCUT2D eigenvalue weighted by Crippen LogP contribution is 2.42. The van der Waals surface area contributed by atoms with Gasteiger partial charge < -0.3 is 10.4 Å². The number of aliphatic hydroxyl groups excluding tert-OH is 1. The minimum absolute atomic E-state index is 0.0310. The van der Waals surface area contributed by atoms with Gasteiger partial charge in [-0.15, -0.1) is 0 Å². The van der Waals surface area contributed by atoms with E-state index in [1.807, 2.05) is 12.1 Å². The minimum atomic E-state index is -0.112. The van der Waals surface area contributed by atoms with E-state index in [0.717, 1.165) is 37.9 Å². The van der Waals surface area contributed by atoms with Gasteiger partial charge in [0, 0.05) is 24.2 Å². The third-order valence-electron chi connectivity index (χ3n) is 4.88. The number of aryl methyl sites for hydroxylation is 1. The van der Waals surface area contributed by atoms with Crippen LogP contribution in [0.25, 0.3) is 0 Å². The normalized spacial score (nSPS) is 23.1. The summed E-state index contributed by atoms with van der Waals surface area (Å²) in [6, 6.07) is 10.4. The van der Waals surface area contributed by atoms with Crippen molar-refractivity contribution in [3.63, 3.8) is 0 Å². The van der Waals surface area contributed by atoms with Crippen LogP contribution in [0.4, 0.5) is 0 Å². The van der Waals surface area contributed by atoms with Crippen LogP contribution >= 0.6 is 0 Å². The lowest BCUT2D eigenvalue weighted by atomic mass is 10.0. The Bertz CT molecular complexity index is 685. The molecular formula is C21H25NO2. The van der Waals surface area contributed by atoms with Crippen LogP contribution in [0.3, 0.4) is 0 Å². The van der Waals surface area contributed by atoms with Gasteiger partial charge in [-0.2, -0.15) is 0 Å². The zero-order chi connectivity index (χ0) is 16.9. The van der Waals surface area contributed by atoms with Gasteiger partial charge in [-0.3, -0.25) is 4.79 Å². The van der Waals surface area contributed by atoms with Crippen LogP contribution in [0.15, 0.2) is 65.6 Å². The standard InChI is InChI=1S/C21H25NO2/c1-2-17-13-19(17)21(24)20(23)14-18-12-16(10-11-22-18)9-8-15-6-4-3-5-7-15/h3-7,10,12,14,17,19,22-23H,2,8-9,11,13H2,1H3/b20-14-. The summed E-state index contributed by atoms with van der Waals surface area (Å²) in [5, 5.41) is 13.3. The Hall–Kier alpha value is -2.29. The third-order valence-corrected chi connectivity index (χ3v) is 4.88. The molecule has 24 heavy (non-hydrogen) atoms. The number of aliphatic hydroxyl groups is 1. The summed E-state index contributed by atoms with van der Waals surface area (Å²) in [5.74, 6) is 0.273. The lowest BCUT2D eigenvalue weighted by Crippen LogP contribution is -2.17. The van der Waals surface area contributed by atoms with Gasteiger partial charge in [0.2, 0.25) is 5.78 Å². The monoisotopic (exact) mass is 323 g/mol. The fourth-order valence-corrected chi connectivity index (χ4v) is 3.24. The summed E-state index contributed by atoms with van der Waals surface area (Å²) in [6.07, 6.45) is 9.65. The SMILES string of the molecule is CCC1CC1C(=O)/C(O)=C/C1=CC(CCc2ccccc2)=CCN1. The molecule has 3 nitrogen and oxygen atoms in total. The summed E-state index contributed by atoms with van der Waals surface area (Å²) in [5.41, 5.74) is 3.38. The topological polar surface area (TPSA) is 49.3 Å². The van der Waals surface area contributed by atoms with Crippen molar-refractivity contribution in [2.24, 2.45) is 11.8 Å². The maximum absolute atomic E-state index is 12.2. The van der Waals surface area contributed by atoms with Crippen LogP contribution in [0, 0.1) is 11.8 Å². The summed E-state index contributed by atoms with van der Waals surface area (Å²) in [6.45, 7) is 2.82. The molecule has 1 aliphatic carbocycles. The number of hydrogen-bond acceptors (Lipinski definition) is 3. The molecule has 3 rings (SSSR count). The van der Waals surface area contributed by atoms with E-state index in [1.165, 1.54) is 11.1 Å². The number of hydrogen-bond donors (Lipinski definition) is 2. The van der Waals surface area contributed by atoms with Crippen LogP contribution in [-0.4, -0.2) is 17.4 Å². The molecule has 2 N–H and O–H groups in total. The van der Waals surface area contributed by atoms with Crippen LogP contribution in [0.5, 0.6) is 0 Å². The first kappa shape index (κ1) is 16.6. The fraction of sp³-hybridized carbons (Fsp3) is 0.381. The number of carbonyl (C=O) groups is 1. The molecule has 0 saturated heterocycles. The molecule has 0 bridgehead atoms. The Kier molecular flexibility index (Phi) is 5.19. The number of carbonyl (C=O) groups excluding carboxylic acids is 1. The molecule has 2 atom stereocenters. The fourth-order valence-electron chi connectivity index (χ4n) is 3.24. The average Bonchev–Trinajstić information content (AvgIpc) is 3.40. The van der Waals surface area contributed by atoms with E-state index in [9.17, 15) is 9.90 Å². The van der Waals surface area contributed by atoms with E-state index in [0.29, 0.717) is 5.92 Å². The molecule has 1 aromatic carbocycles. The van der Waals surface area contributed by atoms with Gasteiger partial charge >= 0.3 is 0 Å². The molecule has 1 fully saturated rings. The third kappa shape index (κ3) is 4.16. The van der Waals surface area contributed by atoms with Crippen molar-refractivity contribution < 1.29 is 9.90 Å². The Morgan fingerprint density at radius 1 is 1.29 bits per heavy atom. The Morgan fingerprint density at radius 2 is 2.08 bits per heavy atom. The molecule has 1 heterocycles. The molecule has 0 amide bonds. The number of allylic oxidation sites excluding steroid dienone is 4. The van der Waals surface area contributed by atoms with Gasteiger partial charge in [0.25, 0.3) is 0 Å². The molecule has 126 valence electrons. The predicted octanol–water partition coefficient (Wildman–Crippen LogP) is 4.09. The van der Waals surface area contributed by atoms with E-state index in [4.69, 9.17) is 0 Å². The van der Waals surface area contributed by atoms with E-state index in [2.05, 4.69) is 42.6 Å². The van der Waals surface area contributed by atoms with Crippen LogP contribution in [0.1, 0.15) is 31.7 Å². The second kappa shape index (κ2) is 7.52. The molecule has 0 aromatic heterocycles. The number of rotatable bonds is 7.